The van der Waals surface area contributed by atoms with Gasteiger partial charge in [0.2, 0.25) is 0 Å². The third-order valence-corrected chi connectivity index (χ3v) is 4.42. The van der Waals surface area contributed by atoms with E-state index in [1.54, 1.807) is 25.3 Å². The van der Waals surface area contributed by atoms with E-state index in [0.29, 0.717) is 5.76 Å². The summed E-state index contributed by atoms with van der Waals surface area (Å²) in [4.78, 5) is 11.9. The van der Waals surface area contributed by atoms with Crippen LogP contribution < -0.4 is 5.43 Å². The van der Waals surface area contributed by atoms with Gasteiger partial charge in [-0.3, -0.25) is 4.79 Å². The van der Waals surface area contributed by atoms with E-state index in [9.17, 15) is 4.79 Å². The normalized spacial score (nSPS) is 11.2. The molecule has 2 heterocycles. The fraction of sp³-hybridized carbons (Fsp3) is 0.158. The summed E-state index contributed by atoms with van der Waals surface area (Å²) in [5, 5.41) is 4.04. The van der Waals surface area contributed by atoms with Crippen molar-refractivity contribution in [3.05, 3.63) is 75.4 Å². The second kappa shape index (κ2) is 7.11. The van der Waals surface area contributed by atoms with Crippen LogP contribution in [-0.2, 0) is 0 Å². The second-order valence-corrected chi connectivity index (χ2v) is 6.66. The zero-order valence-electron chi connectivity index (χ0n) is 14.2. The number of furan rings is 1. The van der Waals surface area contributed by atoms with Crippen molar-refractivity contribution in [3.63, 3.8) is 0 Å². The summed E-state index contributed by atoms with van der Waals surface area (Å²) in [6, 6.07) is 13.5. The van der Waals surface area contributed by atoms with E-state index in [1.165, 1.54) is 0 Å². The van der Waals surface area contributed by atoms with Crippen LogP contribution in [0.4, 0.5) is 0 Å². The van der Waals surface area contributed by atoms with Crippen molar-refractivity contribution in [2.75, 3.05) is 0 Å². The van der Waals surface area contributed by atoms with Crippen LogP contribution in [0.3, 0.4) is 0 Å². The van der Waals surface area contributed by atoms with Crippen LogP contribution in [0.1, 0.15) is 33.3 Å². The lowest BCUT2D eigenvalue weighted by molar-refractivity contribution is 0.0926. The van der Waals surface area contributed by atoms with Gasteiger partial charge < -0.3 is 8.98 Å². The second-order valence-electron chi connectivity index (χ2n) is 5.75. The van der Waals surface area contributed by atoms with Crippen LogP contribution in [0.25, 0.3) is 5.69 Å². The third-order valence-electron chi connectivity index (χ3n) is 3.89. The highest BCUT2D eigenvalue weighted by molar-refractivity contribution is 9.10. The average Bonchev–Trinajstić information content (AvgIpc) is 3.13. The predicted molar refractivity (Wildman–Crippen MR) is 101 cm³/mol. The number of benzene rings is 1. The Bertz CT molecular complexity index is 936. The van der Waals surface area contributed by atoms with Crippen molar-refractivity contribution >= 4 is 28.1 Å². The minimum atomic E-state index is -0.369. The standard InChI is InChI=1S/C19H18BrN3O2/c1-12-10-15(11-21-22-19(24)18-9-4-13(2)25-18)14(3)23(12)17-7-5-16(20)6-8-17/h4-11H,1-3H3,(H,22,24)/b21-11-. The molecule has 3 rings (SSSR count). The molecule has 0 atom stereocenters. The number of nitrogens with one attached hydrogen (secondary N) is 1. The Morgan fingerprint density at radius 2 is 1.88 bits per heavy atom. The molecule has 5 nitrogen and oxygen atoms in total. The first kappa shape index (κ1) is 17.2. The Kier molecular flexibility index (Phi) is 4.90. The lowest BCUT2D eigenvalue weighted by atomic mass is 10.2. The van der Waals surface area contributed by atoms with Gasteiger partial charge >= 0.3 is 5.91 Å². The summed E-state index contributed by atoms with van der Waals surface area (Å²) >= 11 is 3.45. The van der Waals surface area contributed by atoms with Gasteiger partial charge in [0.25, 0.3) is 0 Å². The van der Waals surface area contributed by atoms with Gasteiger partial charge in [-0.15, -0.1) is 0 Å². The molecule has 0 aliphatic heterocycles. The molecule has 3 aromatic rings. The van der Waals surface area contributed by atoms with Crippen LogP contribution in [0, 0.1) is 20.8 Å². The molecule has 0 saturated heterocycles. The fourth-order valence-corrected chi connectivity index (χ4v) is 2.94. The van der Waals surface area contributed by atoms with Crippen LogP contribution in [0.5, 0.6) is 0 Å². The third kappa shape index (κ3) is 3.74. The number of hydrogen-bond acceptors (Lipinski definition) is 3. The van der Waals surface area contributed by atoms with E-state index in [2.05, 4.69) is 31.0 Å². The molecule has 2 aromatic heterocycles. The Morgan fingerprint density at radius 3 is 2.52 bits per heavy atom. The van der Waals surface area contributed by atoms with E-state index >= 15 is 0 Å². The molecule has 0 fully saturated rings. The molecule has 0 spiro atoms. The van der Waals surface area contributed by atoms with Crippen molar-refractivity contribution in [3.8, 4) is 5.69 Å². The number of rotatable bonds is 4. The van der Waals surface area contributed by atoms with Crippen LogP contribution >= 0.6 is 15.9 Å². The molecule has 128 valence electrons. The summed E-state index contributed by atoms with van der Waals surface area (Å²) in [5.74, 6) is 0.563. The molecule has 0 unspecified atom stereocenters. The zero-order chi connectivity index (χ0) is 18.0. The van der Waals surface area contributed by atoms with Gasteiger partial charge in [0, 0.05) is 27.1 Å². The first-order valence-electron chi connectivity index (χ1n) is 7.80. The lowest BCUT2D eigenvalue weighted by Gasteiger charge is -2.09. The van der Waals surface area contributed by atoms with Gasteiger partial charge in [-0.25, -0.2) is 5.43 Å². The number of nitrogens with zero attached hydrogens (tertiary/aromatic N) is 2. The number of carbonyl (C=O) groups excluding carboxylic acids is 1. The number of carbonyl (C=O) groups is 1. The van der Waals surface area contributed by atoms with E-state index in [1.807, 2.05) is 44.2 Å². The number of hydrazone groups is 1. The van der Waals surface area contributed by atoms with Crippen LogP contribution in [0.15, 0.2) is 56.5 Å². The number of halogens is 1. The Balaban J connectivity index is 1.78. The number of aromatic nitrogens is 1. The Morgan fingerprint density at radius 1 is 1.16 bits per heavy atom. The molecule has 0 bridgehead atoms. The van der Waals surface area contributed by atoms with Crippen molar-refractivity contribution in [1.82, 2.24) is 9.99 Å². The average molecular weight is 400 g/mol. The number of hydrogen-bond donors (Lipinski definition) is 1. The molecule has 25 heavy (non-hydrogen) atoms. The topological polar surface area (TPSA) is 59.5 Å². The van der Waals surface area contributed by atoms with E-state index in [0.717, 1.165) is 27.1 Å². The van der Waals surface area contributed by atoms with Gasteiger partial charge in [-0.2, -0.15) is 5.10 Å². The highest BCUT2D eigenvalue weighted by Gasteiger charge is 2.11. The van der Waals surface area contributed by atoms with E-state index in [-0.39, 0.29) is 11.7 Å². The molecule has 1 N–H and O–H groups in total. The smallest absolute Gasteiger partial charge is 0.307 e. The monoisotopic (exact) mass is 399 g/mol. The summed E-state index contributed by atoms with van der Waals surface area (Å²) < 4.78 is 8.45. The lowest BCUT2D eigenvalue weighted by Crippen LogP contribution is -2.16. The predicted octanol–water partition coefficient (Wildman–Crippen LogP) is 4.52. The summed E-state index contributed by atoms with van der Waals surface area (Å²) in [6.45, 7) is 5.85. The molecular weight excluding hydrogens is 382 g/mol. The molecule has 1 aromatic carbocycles. The summed E-state index contributed by atoms with van der Waals surface area (Å²) in [6.07, 6.45) is 1.64. The summed E-state index contributed by atoms with van der Waals surface area (Å²) in [5.41, 5.74) is 6.64. The van der Waals surface area contributed by atoms with E-state index in [4.69, 9.17) is 4.42 Å². The van der Waals surface area contributed by atoms with Gasteiger partial charge in [-0.1, -0.05) is 15.9 Å². The molecule has 1 amide bonds. The van der Waals surface area contributed by atoms with Crippen LogP contribution in [-0.4, -0.2) is 16.7 Å². The number of aryl methyl sites for hydroxylation is 2. The van der Waals surface area contributed by atoms with Crippen molar-refractivity contribution < 1.29 is 9.21 Å². The Hall–Kier alpha value is -2.60. The van der Waals surface area contributed by atoms with Gasteiger partial charge in [0.15, 0.2) is 5.76 Å². The van der Waals surface area contributed by atoms with Crippen molar-refractivity contribution in [2.45, 2.75) is 20.8 Å². The largest absolute Gasteiger partial charge is 0.456 e. The quantitative estimate of drug-likeness (QED) is 0.517. The van der Waals surface area contributed by atoms with Crippen LogP contribution in [0.2, 0.25) is 0 Å². The van der Waals surface area contributed by atoms with Crippen molar-refractivity contribution in [2.24, 2.45) is 5.10 Å². The number of amides is 1. The van der Waals surface area contributed by atoms with Crippen molar-refractivity contribution in [1.29, 1.82) is 0 Å². The fourth-order valence-electron chi connectivity index (χ4n) is 2.68. The zero-order valence-corrected chi connectivity index (χ0v) is 15.8. The molecule has 0 radical (unpaired) electrons. The highest BCUT2D eigenvalue weighted by Crippen LogP contribution is 2.21. The molecule has 0 saturated carbocycles. The first-order chi connectivity index (χ1) is 12.0. The molecular formula is C19H18BrN3O2. The van der Waals surface area contributed by atoms with Gasteiger partial charge in [0.1, 0.15) is 5.76 Å². The highest BCUT2D eigenvalue weighted by atomic mass is 79.9. The molecule has 6 heteroatoms. The maximum atomic E-state index is 11.9. The van der Waals surface area contributed by atoms with E-state index < -0.39 is 0 Å². The maximum absolute atomic E-state index is 11.9. The molecule has 0 aliphatic carbocycles. The minimum Gasteiger partial charge on any atom is -0.456 e. The minimum absolute atomic E-state index is 0.245. The Labute approximate surface area is 154 Å². The SMILES string of the molecule is Cc1ccc(C(=O)N/N=C\c2cc(C)n(-c3ccc(Br)cc3)c2C)o1. The summed E-state index contributed by atoms with van der Waals surface area (Å²) in [7, 11) is 0. The van der Waals surface area contributed by atoms with Gasteiger partial charge in [-0.05, 0) is 63.2 Å². The maximum Gasteiger partial charge on any atom is 0.307 e. The first-order valence-corrected chi connectivity index (χ1v) is 8.60. The molecule has 0 aliphatic rings. The van der Waals surface area contributed by atoms with Gasteiger partial charge in [0.05, 0.1) is 6.21 Å².